The van der Waals surface area contributed by atoms with Gasteiger partial charge >= 0.3 is 0 Å². The molecule has 0 unspecified atom stereocenters. The molecule has 0 N–H and O–H groups in total. The summed E-state index contributed by atoms with van der Waals surface area (Å²) in [5.41, 5.74) is 3.23. The zero-order valence-electron chi connectivity index (χ0n) is 10.3. The summed E-state index contributed by atoms with van der Waals surface area (Å²) in [4.78, 5) is 4.10. The molecule has 0 spiro atoms. The van der Waals surface area contributed by atoms with Gasteiger partial charge in [0.25, 0.3) is 0 Å². The fraction of sp³-hybridized carbons (Fsp3) is 0.0667. The molecular weight excluding hydrogens is 258 g/mol. The second-order valence-electron chi connectivity index (χ2n) is 4.27. The van der Waals surface area contributed by atoms with Crippen LogP contribution in [-0.2, 0) is 7.05 Å². The molecule has 3 nitrogen and oxygen atoms in total. The minimum absolute atomic E-state index is 0.595. The number of hydrogen-bond donors (Lipinski definition) is 0. The van der Waals surface area contributed by atoms with Crippen LogP contribution in [0.1, 0.15) is 5.56 Å². The Labute approximate surface area is 115 Å². The third-order valence-corrected chi connectivity index (χ3v) is 3.57. The molecule has 3 aromatic rings. The van der Waals surface area contributed by atoms with E-state index in [-0.39, 0.29) is 0 Å². The Morgan fingerprint density at radius 3 is 2.79 bits per heavy atom. The van der Waals surface area contributed by atoms with Gasteiger partial charge < -0.3 is 4.57 Å². The first-order valence-corrected chi connectivity index (χ1v) is 6.19. The van der Waals surface area contributed by atoms with Crippen molar-refractivity contribution in [3.05, 3.63) is 53.3 Å². The van der Waals surface area contributed by atoms with Crippen LogP contribution < -0.4 is 0 Å². The molecule has 0 aliphatic rings. The van der Waals surface area contributed by atoms with Crippen LogP contribution in [-0.4, -0.2) is 9.55 Å². The van der Waals surface area contributed by atoms with Crippen molar-refractivity contribution in [3.63, 3.8) is 0 Å². The van der Waals surface area contributed by atoms with Gasteiger partial charge in [-0.2, -0.15) is 5.26 Å². The van der Waals surface area contributed by atoms with Crippen LogP contribution in [0.4, 0.5) is 0 Å². The van der Waals surface area contributed by atoms with Crippen LogP contribution in [0.15, 0.2) is 42.7 Å². The maximum Gasteiger partial charge on any atom is 0.102 e. The van der Waals surface area contributed by atoms with Gasteiger partial charge in [0.1, 0.15) is 6.07 Å². The fourth-order valence-corrected chi connectivity index (χ4v) is 2.57. The van der Waals surface area contributed by atoms with Crippen LogP contribution in [0.25, 0.3) is 22.2 Å². The number of nitriles is 1. The van der Waals surface area contributed by atoms with Crippen molar-refractivity contribution in [1.82, 2.24) is 9.55 Å². The van der Waals surface area contributed by atoms with Crippen molar-refractivity contribution in [2.24, 2.45) is 7.05 Å². The molecule has 0 amide bonds. The number of pyridine rings is 1. The lowest BCUT2D eigenvalue weighted by molar-refractivity contribution is 0.975. The maximum absolute atomic E-state index is 9.46. The first-order chi connectivity index (χ1) is 9.24. The van der Waals surface area contributed by atoms with Gasteiger partial charge in [0.2, 0.25) is 0 Å². The maximum atomic E-state index is 9.46. The molecule has 0 saturated heterocycles. The summed E-state index contributed by atoms with van der Waals surface area (Å²) in [6, 6.07) is 11.8. The molecule has 4 heteroatoms. The summed E-state index contributed by atoms with van der Waals surface area (Å²) in [5, 5.41) is 11.0. The van der Waals surface area contributed by atoms with E-state index in [1.165, 1.54) is 0 Å². The number of halogens is 1. The fourth-order valence-electron chi connectivity index (χ4n) is 2.37. The number of fused-ring (bicyclic) bond motifs is 1. The number of para-hydroxylation sites is 1. The molecule has 0 aliphatic carbocycles. The van der Waals surface area contributed by atoms with E-state index in [2.05, 4.69) is 11.1 Å². The largest absolute Gasteiger partial charge is 0.342 e. The molecule has 2 heterocycles. The molecule has 0 atom stereocenters. The van der Waals surface area contributed by atoms with E-state index >= 15 is 0 Å². The van der Waals surface area contributed by atoms with Crippen LogP contribution >= 0.6 is 11.6 Å². The molecule has 0 radical (unpaired) electrons. The van der Waals surface area contributed by atoms with Crippen molar-refractivity contribution in [3.8, 4) is 17.3 Å². The van der Waals surface area contributed by atoms with Gasteiger partial charge in [0.05, 0.1) is 16.3 Å². The highest BCUT2D eigenvalue weighted by Crippen LogP contribution is 2.35. The first kappa shape index (κ1) is 11.8. The van der Waals surface area contributed by atoms with Gasteiger partial charge in [-0.25, -0.2) is 0 Å². The molecule has 2 aromatic heterocycles. The van der Waals surface area contributed by atoms with E-state index in [0.717, 1.165) is 22.2 Å². The van der Waals surface area contributed by atoms with E-state index in [1.807, 2.05) is 35.9 Å². The highest BCUT2D eigenvalue weighted by molar-refractivity contribution is 6.33. The average Bonchev–Trinajstić information content (AvgIpc) is 2.73. The Kier molecular flexibility index (Phi) is 2.73. The first-order valence-electron chi connectivity index (χ1n) is 5.81. The average molecular weight is 268 g/mol. The summed E-state index contributed by atoms with van der Waals surface area (Å²) in [7, 11) is 1.93. The highest BCUT2D eigenvalue weighted by Gasteiger charge is 2.18. The second kappa shape index (κ2) is 4.42. The Morgan fingerprint density at radius 2 is 2.05 bits per heavy atom. The van der Waals surface area contributed by atoms with Crippen LogP contribution in [0, 0.1) is 11.3 Å². The van der Waals surface area contributed by atoms with Gasteiger partial charge in [-0.3, -0.25) is 4.98 Å². The Bertz CT molecular complexity index is 812. The quantitative estimate of drug-likeness (QED) is 0.673. The Balaban J connectivity index is 2.46. The second-order valence-corrected chi connectivity index (χ2v) is 4.67. The van der Waals surface area contributed by atoms with Crippen molar-refractivity contribution in [2.75, 3.05) is 0 Å². The number of aryl methyl sites for hydroxylation is 1. The number of hydrogen-bond acceptors (Lipinski definition) is 2. The minimum Gasteiger partial charge on any atom is -0.342 e. The van der Waals surface area contributed by atoms with Crippen molar-refractivity contribution in [2.45, 2.75) is 0 Å². The predicted molar refractivity (Wildman–Crippen MR) is 75.9 cm³/mol. The zero-order valence-corrected chi connectivity index (χ0v) is 11.0. The van der Waals surface area contributed by atoms with Gasteiger partial charge in [0.15, 0.2) is 0 Å². The topological polar surface area (TPSA) is 41.6 Å². The van der Waals surface area contributed by atoms with Gasteiger partial charge in [-0.1, -0.05) is 29.8 Å². The molecule has 19 heavy (non-hydrogen) atoms. The summed E-state index contributed by atoms with van der Waals surface area (Å²) in [6.45, 7) is 0. The van der Waals surface area contributed by atoms with E-state index in [4.69, 9.17) is 11.6 Å². The Hall–Kier alpha value is -2.31. The standard InChI is InChI=1S/C15H10ClN3/c1-19-14-5-3-2-4-10(14)11(8-17)15(19)12-9-18-7-6-13(12)16/h2-7,9H,1H3. The lowest BCUT2D eigenvalue weighted by Gasteiger charge is -2.06. The molecular formula is C15H10ClN3. The minimum atomic E-state index is 0.595. The lowest BCUT2D eigenvalue weighted by Crippen LogP contribution is -1.94. The van der Waals surface area contributed by atoms with Crippen LogP contribution in [0.5, 0.6) is 0 Å². The third kappa shape index (κ3) is 1.69. The van der Waals surface area contributed by atoms with E-state index in [9.17, 15) is 5.26 Å². The van der Waals surface area contributed by atoms with Crippen molar-refractivity contribution in [1.29, 1.82) is 5.26 Å². The number of benzene rings is 1. The molecule has 0 aliphatic heterocycles. The smallest absolute Gasteiger partial charge is 0.102 e. The molecule has 3 rings (SSSR count). The molecule has 1 aromatic carbocycles. The molecule has 92 valence electrons. The van der Waals surface area contributed by atoms with Crippen LogP contribution in [0.3, 0.4) is 0 Å². The van der Waals surface area contributed by atoms with Crippen molar-refractivity contribution >= 4 is 22.5 Å². The van der Waals surface area contributed by atoms with Gasteiger partial charge in [0, 0.05) is 35.9 Å². The van der Waals surface area contributed by atoms with E-state index < -0.39 is 0 Å². The van der Waals surface area contributed by atoms with E-state index in [1.54, 1.807) is 18.5 Å². The normalized spacial score (nSPS) is 10.6. The SMILES string of the molecule is Cn1c(-c2cnccc2Cl)c(C#N)c2ccccc21. The Morgan fingerprint density at radius 1 is 1.26 bits per heavy atom. The van der Waals surface area contributed by atoms with E-state index in [0.29, 0.717) is 10.6 Å². The molecule has 0 bridgehead atoms. The zero-order chi connectivity index (χ0) is 13.4. The summed E-state index contributed by atoms with van der Waals surface area (Å²) in [6.07, 6.45) is 3.33. The number of rotatable bonds is 1. The van der Waals surface area contributed by atoms with Crippen molar-refractivity contribution < 1.29 is 0 Å². The third-order valence-electron chi connectivity index (χ3n) is 3.24. The monoisotopic (exact) mass is 267 g/mol. The lowest BCUT2D eigenvalue weighted by atomic mass is 10.1. The number of aromatic nitrogens is 2. The summed E-state index contributed by atoms with van der Waals surface area (Å²) < 4.78 is 1.98. The number of nitrogens with zero attached hydrogens (tertiary/aromatic N) is 3. The summed E-state index contributed by atoms with van der Waals surface area (Å²) >= 11 is 6.22. The van der Waals surface area contributed by atoms with Gasteiger partial charge in [-0.15, -0.1) is 0 Å². The molecule has 0 saturated carbocycles. The summed E-state index contributed by atoms with van der Waals surface area (Å²) in [5.74, 6) is 0. The molecule has 0 fully saturated rings. The predicted octanol–water partition coefficient (Wildman–Crippen LogP) is 3.77. The van der Waals surface area contributed by atoms with Crippen LogP contribution in [0.2, 0.25) is 5.02 Å². The highest BCUT2D eigenvalue weighted by atomic mass is 35.5. The van der Waals surface area contributed by atoms with Gasteiger partial charge in [-0.05, 0) is 12.1 Å².